The fraction of sp³-hybridized carbons (Fsp3) is 0.238. The first-order valence-electron chi connectivity index (χ1n) is 8.60. The number of carbonyl (C=O) groups is 1. The van der Waals surface area contributed by atoms with E-state index < -0.39 is 5.97 Å². The molecule has 0 saturated carbocycles. The number of esters is 1. The van der Waals surface area contributed by atoms with Crippen molar-refractivity contribution in [1.82, 2.24) is 4.90 Å². The van der Waals surface area contributed by atoms with Gasteiger partial charge in [0, 0.05) is 19.3 Å². The maximum Gasteiger partial charge on any atom is 0.353 e. The van der Waals surface area contributed by atoms with Crippen LogP contribution in [0.2, 0.25) is 0 Å². The van der Waals surface area contributed by atoms with Gasteiger partial charge in [-0.3, -0.25) is 9.89 Å². The second-order valence-corrected chi connectivity index (χ2v) is 6.24. The quantitative estimate of drug-likeness (QED) is 0.494. The molecule has 26 heavy (non-hydrogen) atoms. The Balaban J connectivity index is 1.67. The highest BCUT2D eigenvalue weighted by Crippen LogP contribution is 2.32. The van der Waals surface area contributed by atoms with Gasteiger partial charge in [-0.2, -0.15) is 0 Å². The Kier molecular flexibility index (Phi) is 5.81. The van der Waals surface area contributed by atoms with Crippen LogP contribution in [0.15, 0.2) is 77.4 Å². The summed E-state index contributed by atoms with van der Waals surface area (Å²) in [6.07, 6.45) is 3.08. The van der Waals surface area contributed by atoms with Gasteiger partial charge in [0.15, 0.2) is 0 Å². The van der Waals surface area contributed by atoms with E-state index >= 15 is 0 Å². The minimum atomic E-state index is -0.542. The average Bonchev–Trinajstić information content (AvgIpc) is 2.66. The minimum absolute atomic E-state index is 0.0545. The van der Waals surface area contributed by atoms with Gasteiger partial charge < -0.3 is 10.5 Å². The Labute approximate surface area is 153 Å². The lowest BCUT2D eigenvalue weighted by molar-refractivity contribution is -0.136. The summed E-state index contributed by atoms with van der Waals surface area (Å²) in [4.78, 5) is 18.1. The third kappa shape index (κ3) is 4.18. The molecule has 0 unspecified atom stereocenters. The second-order valence-electron chi connectivity index (χ2n) is 6.24. The van der Waals surface area contributed by atoms with Crippen LogP contribution in [-0.4, -0.2) is 43.3 Å². The van der Waals surface area contributed by atoms with Crippen molar-refractivity contribution in [2.24, 2.45) is 10.7 Å². The van der Waals surface area contributed by atoms with Gasteiger partial charge >= 0.3 is 5.97 Å². The summed E-state index contributed by atoms with van der Waals surface area (Å²) >= 11 is 0. The number of aliphatic imine (C=N–C) groups is 1. The number of nitrogens with zero attached hydrogens (tertiary/aromatic N) is 2. The topological polar surface area (TPSA) is 67.9 Å². The fourth-order valence-electron chi connectivity index (χ4n) is 3.11. The van der Waals surface area contributed by atoms with E-state index in [9.17, 15) is 4.79 Å². The molecule has 0 aliphatic carbocycles. The van der Waals surface area contributed by atoms with Crippen molar-refractivity contribution in [3.63, 3.8) is 0 Å². The molecule has 2 N–H and O–H groups in total. The van der Waals surface area contributed by atoms with Crippen LogP contribution >= 0.6 is 0 Å². The molecule has 1 fully saturated rings. The van der Waals surface area contributed by atoms with Crippen LogP contribution in [0.3, 0.4) is 0 Å². The summed E-state index contributed by atoms with van der Waals surface area (Å²) in [7, 11) is 1.30. The Hall–Kier alpha value is -2.92. The van der Waals surface area contributed by atoms with E-state index in [0.717, 1.165) is 13.1 Å². The highest BCUT2D eigenvalue weighted by atomic mass is 16.5. The second kappa shape index (κ2) is 8.45. The van der Waals surface area contributed by atoms with Crippen molar-refractivity contribution in [3.8, 4) is 0 Å². The first-order chi connectivity index (χ1) is 12.7. The zero-order chi connectivity index (χ0) is 18.4. The number of carbonyl (C=O) groups excluding carboxylic acids is 1. The van der Waals surface area contributed by atoms with Gasteiger partial charge in [-0.25, -0.2) is 4.79 Å². The van der Waals surface area contributed by atoms with Gasteiger partial charge in [0.05, 0.1) is 19.2 Å². The maximum atomic E-state index is 11.2. The molecule has 2 aromatic carbocycles. The van der Waals surface area contributed by atoms with Gasteiger partial charge in [-0.05, 0) is 17.2 Å². The van der Waals surface area contributed by atoms with Crippen LogP contribution in [0.25, 0.3) is 0 Å². The van der Waals surface area contributed by atoms with E-state index in [4.69, 9.17) is 5.73 Å². The molecule has 0 spiro atoms. The lowest BCUT2D eigenvalue weighted by Gasteiger charge is -2.43. The molecular weight excluding hydrogens is 326 g/mol. The molecule has 1 heterocycles. The number of benzene rings is 2. The molecular formula is C21H23N3O2. The summed E-state index contributed by atoms with van der Waals surface area (Å²) in [6.45, 7) is 1.72. The largest absolute Gasteiger partial charge is 0.464 e. The highest BCUT2D eigenvalue weighted by Gasteiger charge is 2.33. The van der Waals surface area contributed by atoms with E-state index in [-0.39, 0.29) is 17.8 Å². The predicted molar refractivity (Wildman–Crippen MR) is 103 cm³/mol. The van der Waals surface area contributed by atoms with Crippen molar-refractivity contribution >= 4 is 12.2 Å². The Morgan fingerprint density at radius 1 is 1.12 bits per heavy atom. The molecule has 1 aliphatic heterocycles. The van der Waals surface area contributed by atoms with E-state index in [2.05, 4.69) is 63.2 Å². The lowest BCUT2D eigenvalue weighted by Crippen LogP contribution is -2.51. The molecule has 0 amide bonds. The zero-order valence-electron chi connectivity index (χ0n) is 14.8. The van der Waals surface area contributed by atoms with Crippen LogP contribution in [0.4, 0.5) is 0 Å². The Morgan fingerprint density at radius 2 is 1.65 bits per heavy atom. The van der Waals surface area contributed by atoms with Crippen LogP contribution < -0.4 is 5.73 Å². The van der Waals surface area contributed by atoms with Crippen LogP contribution in [0.5, 0.6) is 0 Å². The lowest BCUT2D eigenvalue weighted by atomic mass is 9.93. The van der Waals surface area contributed by atoms with Gasteiger partial charge in [-0.1, -0.05) is 60.7 Å². The summed E-state index contributed by atoms with van der Waals surface area (Å²) < 4.78 is 4.55. The number of hydrogen-bond donors (Lipinski definition) is 1. The fourth-order valence-corrected chi connectivity index (χ4v) is 3.11. The molecule has 0 bridgehead atoms. The van der Waals surface area contributed by atoms with Crippen molar-refractivity contribution in [2.45, 2.75) is 12.1 Å². The highest BCUT2D eigenvalue weighted by molar-refractivity contribution is 5.92. The first kappa shape index (κ1) is 17.9. The predicted octanol–water partition coefficient (Wildman–Crippen LogP) is 2.55. The zero-order valence-corrected chi connectivity index (χ0v) is 14.8. The van der Waals surface area contributed by atoms with E-state index in [1.165, 1.54) is 24.3 Å². The molecule has 2 aromatic rings. The monoisotopic (exact) mass is 349 g/mol. The maximum absolute atomic E-state index is 11.2. The SMILES string of the molecule is COC(=O)C(N)=CC=NC1CN(C(c2ccccc2)c2ccccc2)C1. The molecule has 0 atom stereocenters. The number of nitrogens with two attached hydrogens (primary N) is 1. The number of hydrogen-bond acceptors (Lipinski definition) is 5. The van der Waals surface area contributed by atoms with E-state index in [1.807, 2.05) is 12.1 Å². The summed E-state index contributed by atoms with van der Waals surface area (Å²) in [5.74, 6) is -0.542. The molecule has 5 heteroatoms. The van der Waals surface area contributed by atoms with Gasteiger partial charge in [-0.15, -0.1) is 0 Å². The number of ether oxygens (including phenoxy) is 1. The molecule has 3 rings (SSSR count). The molecule has 0 radical (unpaired) electrons. The van der Waals surface area contributed by atoms with E-state index in [0.29, 0.717) is 0 Å². The molecule has 134 valence electrons. The third-order valence-electron chi connectivity index (χ3n) is 4.46. The summed E-state index contributed by atoms with van der Waals surface area (Å²) in [5.41, 5.74) is 8.19. The Bertz CT molecular complexity index is 742. The van der Waals surface area contributed by atoms with E-state index in [1.54, 1.807) is 6.21 Å². The van der Waals surface area contributed by atoms with Gasteiger partial charge in [0.1, 0.15) is 5.70 Å². The molecule has 0 aromatic heterocycles. The normalized spacial score (nSPS) is 16.0. The van der Waals surface area contributed by atoms with Crippen LogP contribution in [-0.2, 0) is 9.53 Å². The standard InChI is InChI=1S/C21H23N3O2/c1-26-21(25)19(22)12-13-23-18-14-24(15-18)20(16-8-4-2-5-9-16)17-10-6-3-7-11-17/h2-13,18,20H,14-15,22H2,1H3. The number of allylic oxidation sites excluding steroid dienone is 1. The van der Waals surface area contributed by atoms with Crippen molar-refractivity contribution in [3.05, 3.63) is 83.6 Å². The average molecular weight is 349 g/mol. The summed E-state index contributed by atoms with van der Waals surface area (Å²) in [5, 5.41) is 0. The van der Waals surface area contributed by atoms with Crippen molar-refractivity contribution in [2.75, 3.05) is 20.2 Å². The van der Waals surface area contributed by atoms with Gasteiger partial charge in [0.25, 0.3) is 0 Å². The first-order valence-corrected chi connectivity index (χ1v) is 8.60. The number of likely N-dealkylation sites (tertiary alicyclic amines) is 1. The third-order valence-corrected chi connectivity index (χ3v) is 4.46. The summed E-state index contributed by atoms with van der Waals surface area (Å²) in [6, 6.07) is 21.4. The minimum Gasteiger partial charge on any atom is -0.464 e. The van der Waals surface area contributed by atoms with Gasteiger partial charge in [0.2, 0.25) is 0 Å². The Morgan fingerprint density at radius 3 is 2.15 bits per heavy atom. The van der Waals surface area contributed by atoms with Crippen LogP contribution in [0, 0.1) is 0 Å². The molecule has 1 saturated heterocycles. The molecule has 5 nitrogen and oxygen atoms in total. The smallest absolute Gasteiger partial charge is 0.353 e. The van der Waals surface area contributed by atoms with Crippen molar-refractivity contribution in [1.29, 1.82) is 0 Å². The van der Waals surface area contributed by atoms with Crippen molar-refractivity contribution < 1.29 is 9.53 Å². The number of methoxy groups -OCH3 is 1. The van der Waals surface area contributed by atoms with Crippen LogP contribution in [0.1, 0.15) is 17.2 Å². The molecule has 1 aliphatic rings. The number of rotatable bonds is 6.